The van der Waals surface area contributed by atoms with Gasteiger partial charge in [-0.25, -0.2) is 4.98 Å². The number of nitriles is 1. The molecule has 0 bridgehead atoms. The zero-order valence-electron chi connectivity index (χ0n) is 10.3. The molecule has 0 aromatic carbocycles. The minimum absolute atomic E-state index is 0.474. The summed E-state index contributed by atoms with van der Waals surface area (Å²) in [5, 5.41) is 12.4. The van der Waals surface area contributed by atoms with Crippen LogP contribution in [-0.2, 0) is 0 Å². The van der Waals surface area contributed by atoms with Gasteiger partial charge in [-0.15, -0.1) is 0 Å². The standard InChI is InChI=1S/C14H19N3/c1-11-4-2-6-13(8-7-11)17-14-12(10-15)5-3-9-16-14/h3,5,9,11,13H,2,4,6-8H2,1H3,(H,16,17). The highest BCUT2D eigenvalue weighted by Crippen LogP contribution is 2.25. The summed E-state index contributed by atoms with van der Waals surface area (Å²) in [7, 11) is 0. The molecule has 1 fully saturated rings. The van der Waals surface area contributed by atoms with Gasteiger partial charge in [0.25, 0.3) is 0 Å². The number of nitrogens with one attached hydrogen (secondary N) is 1. The molecule has 1 N–H and O–H groups in total. The Hall–Kier alpha value is -1.56. The van der Waals surface area contributed by atoms with Gasteiger partial charge in [-0.1, -0.05) is 19.8 Å². The maximum atomic E-state index is 9.02. The molecule has 17 heavy (non-hydrogen) atoms. The fourth-order valence-electron chi connectivity index (χ4n) is 2.44. The van der Waals surface area contributed by atoms with Gasteiger partial charge < -0.3 is 5.32 Å². The zero-order valence-corrected chi connectivity index (χ0v) is 10.3. The van der Waals surface area contributed by atoms with Crippen molar-refractivity contribution in [3.05, 3.63) is 23.9 Å². The summed E-state index contributed by atoms with van der Waals surface area (Å²) in [5.74, 6) is 1.58. The first kappa shape index (κ1) is 11.9. The Bertz CT molecular complexity index is 408. The maximum absolute atomic E-state index is 9.02. The van der Waals surface area contributed by atoms with Crippen LogP contribution in [0.3, 0.4) is 0 Å². The van der Waals surface area contributed by atoms with Crippen molar-refractivity contribution >= 4 is 5.82 Å². The Kier molecular flexibility index (Phi) is 3.98. The first-order chi connectivity index (χ1) is 8.29. The van der Waals surface area contributed by atoms with E-state index in [1.807, 2.05) is 6.07 Å². The van der Waals surface area contributed by atoms with Crippen LogP contribution in [0.4, 0.5) is 5.82 Å². The van der Waals surface area contributed by atoms with E-state index in [4.69, 9.17) is 5.26 Å². The average molecular weight is 229 g/mol. The Morgan fingerprint density at radius 3 is 3.06 bits per heavy atom. The molecule has 0 radical (unpaired) electrons. The molecule has 1 saturated carbocycles. The Labute approximate surface area is 103 Å². The molecule has 0 aliphatic heterocycles. The van der Waals surface area contributed by atoms with E-state index in [1.54, 1.807) is 12.3 Å². The molecule has 3 heteroatoms. The predicted octanol–water partition coefficient (Wildman–Crippen LogP) is 3.33. The fourth-order valence-corrected chi connectivity index (χ4v) is 2.44. The van der Waals surface area contributed by atoms with Crippen LogP contribution in [0.5, 0.6) is 0 Å². The second-order valence-electron chi connectivity index (χ2n) is 4.97. The van der Waals surface area contributed by atoms with E-state index in [0.29, 0.717) is 11.6 Å². The second-order valence-corrected chi connectivity index (χ2v) is 4.97. The third kappa shape index (κ3) is 3.20. The van der Waals surface area contributed by atoms with Crippen LogP contribution in [0.15, 0.2) is 18.3 Å². The molecule has 1 heterocycles. The molecule has 90 valence electrons. The van der Waals surface area contributed by atoms with Gasteiger partial charge in [-0.3, -0.25) is 0 Å². The van der Waals surface area contributed by atoms with E-state index >= 15 is 0 Å². The number of anilines is 1. The van der Waals surface area contributed by atoms with Crippen LogP contribution in [0, 0.1) is 17.2 Å². The highest BCUT2D eigenvalue weighted by molar-refractivity contribution is 5.51. The number of rotatable bonds is 2. The van der Waals surface area contributed by atoms with Crippen LogP contribution in [0.2, 0.25) is 0 Å². The van der Waals surface area contributed by atoms with Gasteiger partial charge in [-0.05, 0) is 37.3 Å². The van der Waals surface area contributed by atoms with Gasteiger partial charge in [-0.2, -0.15) is 5.26 Å². The molecular weight excluding hydrogens is 210 g/mol. The Morgan fingerprint density at radius 1 is 1.35 bits per heavy atom. The third-order valence-electron chi connectivity index (χ3n) is 3.53. The van der Waals surface area contributed by atoms with E-state index in [0.717, 1.165) is 11.7 Å². The smallest absolute Gasteiger partial charge is 0.144 e. The lowest BCUT2D eigenvalue weighted by atomic mass is 10.0. The quantitative estimate of drug-likeness (QED) is 0.791. The number of pyridine rings is 1. The number of hydrogen-bond acceptors (Lipinski definition) is 3. The van der Waals surface area contributed by atoms with Crippen molar-refractivity contribution < 1.29 is 0 Å². The van der Waals surface area contributed by atoms with Gasteiger partial charge in [0.15, 0.2) is 0 Å². The van der Waals surface area contributed by atoms with E-state index < -0.39 is 0 Å². The van der Waals surface area contributed by atoms with E-state index in [9.17, 15) is 0 Å². The van der Waals surface area contributed by atoms with Gasteiger partial charge >= 0.3 is 0 Å². The molecule has 1 aromatic heterocycles. The lowest BCUT2D eigenvalue weighted by Crippen LogP contribution is -2.19. The Morgan fingerprint density at radius 2 is 2.24 bits per heavy atom. The first-order valence-corrected chi connectivity index (χ1v) is 6.41. The molecule has 2 rings (SSSR count). The first-order valence-electron chi connectivity index (χ1n) is 6.41. The van der Waals surface area contributed by atoms with Crippen molar-refractivity contribution in [2.24, 2.45) is 5.92 Å². The zero-order chi connectivity index (χ0) is 12.1. The van der Waals surface area contributed by atoms with Gasteiger partial charge in [0.1, 0.15) is 11.9 Å². The summed E-state index contributed by atoms with van der Waals surface area (Å²) in [4.78, 5) is 4.26. The van der Waals surface area contributed by atoms with Crippen LogP contribution < -0.4 is 5.32 Å². The summed E-state index contributed by atoms with van der Waals surface area (Å²) in [6.07, 6.45) is 7.97. The third-order valence-corrected chi connectivity index (χ3v) is 3.53. The molecule has 1 aliphatic carbocycles. The van der Waals surface area contributed by atoms with Crippen molar-refractivity contribution in [1.82, 2.24) is 4.98 Å². The molecule has 0 spiro atoms. The Balaban J connectivity index is 2.03. The molecule has 2 unspecified atom stereocenters. The van der Waals surface area contributed by atoms with E-state index in [1.165, 1.54) is 32.1 Å². The summed E-state index contributed by atoms with van der Waals surface area (Å²) in [6.45, 7) is 2.32. The second kappa shape index (κ2) is 5.67. The van der Waals surface area contributed by atoms with Crippen molar-refractivity contribution in [3.63, 3.8) is 0 Å². The molecule has 0 amide bonds. The summed E-state index contributed by atoms with van der Waals surface area (Å²) in [6, 6.07) is 6.28. The number of nitrogens with zero attached hydrogens (tertiary/aromatic N) is 2. The predicted molar refractivity (Wildman–Crippen MR) is 68.6 cm³/mol. The van der Waals surface area contributed by atoms with Crippen LogP contribution in [0.25, 0.3) is 0 Å². The summed E-state index contributed by atoms with van der Waals surface area (Å²) < 4.78 is 0. The average Bonchev–Trinajstić information content (AvgIpc) is 2.55. The maximum Gasteiger partial charge on any atom is 0.144 e. The van der Waals surface area contributed by atoms with E-state index in [2.05, 4.69) is 23.3 Å². The minimum Gasteiger partial charge on any atom is -0.366 e. The molecule has 3 nitrogen and oxygen atoms in total. The van der Waals surface area contributed by atoms with E-state index in [-0.39, 0.29) is 0 Å². The lowest BCUT2D eigenvalue weighted by molar-refractivity contribution is 0.502. The highest BCUT2D eigenvalue weighted by Gasteiger charge is 2.17. The van der Waals surface area contributed by atoms with Crippen LogP contribution >= 0.6 is 0 Å². The minimum atomic E-state index is 0.474. The lowest BCUT2D eigenvalue weighted by Gasteiger charge is -2.17. The van der Waals surface area contributed by atoms with Crippen molar-refractivity contribution in [2.45, 2.75) is 45.1 Å². The van der Waals surface area contributed by atoms with Gasteiger partial charge in [0.2, 0.25) is 0 Å². The SMILES string of the molecule is CC1CCCC(Nc2ncccc2C#N)CC1. The monoisotopic (exact) mass is 229 g/mol. The van der Waals surface area contributed by atoms with Crippen molar-refractivity contribution in [2.75, 3.05) is 5.32 Å². The van der Waals surface area contributed by atoms with Crippen LogP contribution in [0.1, 0.15) is 44.6 Å². The molecule has 0 saturated heterocycles. The van der Waals surface area contributed by atoms with Crippen molar-refractivity contribution in [1.29, 1.82) is 5.26 Å². The summed E-state index contributed by atoms with van der Waals surface area (Å²) >= 11 is 0. The molecular formula is C14H19N3. The topological polar surface area (TPSA) is 48.7 Å². The number of aromatic nitrogens is 1. The van der Waals surface area contributed by atoms with Crippen molar-refractivity contribution in [3.8, 4) is 6.07 Å². The van der Waals surface area contributed by atoms with Crippen LogP contribution in [-0.4, -0.2) is 11.0 Å². The largest absolute Gasteiger partial charge is 0.366 e. The molecule has 1 aliphatic rings. The van der Waals surface area contributed by atoms with Gasteiger partial charge in [0.05, 0.1) is 5.56 Å². The normalized spacial score (nSPS) is 24.7. The fraction of sp³-hybridized carbons (Fsp3) is 0.571. The van der Waals surface area contributed by atoms with Gasteiger partial charge in [0, 0.05) is 12.2 Å². The highest BCUT2D eigenvalue weighted by atomic mass is 15.0. The molecule has 2 atom stereocenters. The molecule has 1 aromatic rings. The summed E-state index contributed by atoms with van der Waals surface area (Å²) in [5.41, 5.74) is 0.643. The number of hydrogen-bond donors (Lipinski definition) is 1.